The minimum atomic E-state index is -5.61. The zero-order chi connectivity index (χ0) is 44.4. The number of aryl methyl sites for hydroxylation is 2. The van der Waals surface area contributed by atoms with E-state index >= 15 is 0 Å². The van der Waals surface area contributed by atoms with Gasteiger partial charge in [-0.2, -0.15) is 8.89 Å². The van der Waals surface area contributed by atoms with E-state index in [1.54, 1.807) is 54.6 Å². The molecule has 0 aliphatic carbocycles. The predicted molar refractivity (Wildman–Crippen MR) is 239 cm³/mol. The number of hydrogen-bond donors (Lipinski definition) is 6. The van der Waals surface area contributed by atoms with Crippen LogP contribution in [-0.4, -0.2) is 66.7 Å². The molecule has 19 heteroatoms. The number of phenols is 1. The van der Waals surface area contributed by atoms with Crippen LogP contribution in [0, 0.1) is 13.8 Å². The maximum Gasteiger partial charge on any atom is 0.265 e. The lowest BCUT2D eigenvalue weighted by molar-refractivity contribution is -0.122. The molecule has 6 aromatic carbocycles. The fourth-order valence-corrected chi connectivity index (χ4v) is 10.2. The topological polar surface area (TPSA) is 241 Å². The molecule has 62 heavy (non-hydrogen) atoms. The molecule has 7 aromatic rings. The van der Waals surface area contributed by atoms with E-state index in [9.17, 15) is 31.9 Å². The highest BCUT2D eigenvalue weighted by Gasteiger charge is 2.33. The van der Waals surface area contributed by atoms with Crippen molar-refractivity contribution >= 4 is 71.0 Å². The number of tetrazole rings is 1. The number of anilines is 3. The number of hydrogen-bond acceptors (Lipinski definition) is 11. The Bertz CT molecular complexity index is 3050. The third-order valence-corrected chi connectivity index (χ3v) is 13.6. The Balaban J connectivity index is 1.29. The summed E-state index contributed by atoms with van der Waals surface area (Å²) < 4.78 is 61.0. The van der Waals surface area contributed by atoms with Crippen LogP contribution in [0.25, 0.3) is 16.5 Å². The molecule has 0 aliphatic rings. The van der Waals surface area contributed by atoms with Gasteiger partial charge in [0.15, 0.2) is 6.10 Å². The predicted octanol–water partition coefficient (Wildman–Crippen LogP) is 7.29. The molecule has 1 unspecified atom stereocenters. The van der Waals surface area contributed by atoms with Crippen LogP contribution in [-0.2, 0) is 24.4 Å². The van der Waals surface area contributed by atoms with E-state index in [-0.39, 0.29) is 47.9 Å². The number of aromatic nitrogens is 4. The molecule has 0 spiro atoms. The lowest BCUT2D eigenvalue weighted by atomic mass is 10.1. The van der Waals surface area contributed by atoms with E-state index in [0.29, 0.717) is 29.1 Å². The molecule has 0 radical (unpaired) electrons. The number of ether oxygens (including phenoxy) is 1. The van der Waals surface area contributed by atoms with Gasteiger partial charge < -0.3 is 20.5 Å². The van der Waals surface area contributed by atoms with Gasteiger partial charge in [0.2, 0.25) is 15.2 Å². The molecule has 0 fully saturated rings. The summed E-state index contributed by atoms with van der Waals surface area (Å²) >= 11 is 0.935. The van der Waals surface area contributed by atoms with Crippen LogP contribution in [0.15, 0.2) is 141 Å². The maximum atomic E-state index is 15.0. The van der Waals surface area contributed by atoms with Gasteiger partial charge in [-0.05, 0) is 115 Å². The van der Waals surface area contributed by atoms with E-state index in [1.807, 2.05) is 39.0 Å². The highest BCUT2D eigenvalue weighted by atomic mass is 32.3. The van der Waals surface area contributed by atoms with E-state index < -0.39 is 37.3 Å². The molecule has 0 saturated carbocycles. The van der Waals surface area contributed by atoms with Crippen LogP contribution >= 0.6 is 11.8 Å². The summed E-state index contributed by atoms with van der Waals surface area (Å²) in [6.45, 7) is 5.74. The molecule has 0 saturated heterocycles. The quantitative estimate of drug-likeness (QED) is 0.0590. The highest BCUT2D eigenvalue weighted by molar-refractivity contribution is 8.13. The molecule has 0 bridgehead atoms. The van der Waals surface area contributed by atoms with Gasteiger partial charge in [-0.15, -0.1) is 5.10 Å². The number of carbonyl (C=O) groups excluding carboxylic acids is 2. The van der Waals surface area contributed by atoms with Gasteiger partial charge in [0.25, 0.3) is 11.8 Å². The van der Waals surface area contributed by atoms with Crippen LogP contribution in [0.4, 0.5) is 17.1 Å². The Labute approximate surface area is 361 Å². The lowest BCUT2D eigenvalue weighted by Gasteiger charge is -2.40. The smallest absolute Gasteiger partial charge is 0.265 e. The lowest BCUT2D eigenvalue weighted by Crippen LogP contribution is -2.42. The zero-order valence-electron chi connectivity index (χ0n) is 33.8. The van der Waals surface area contributed by atoms with E-state index in [4.69, 9.17) is 9.88 Å². The summed E-state index contributed by atoms with van der Waals surface area (Å²) in [7, 11) is -9.39. The van der Waals surface area contributed by atoms with Crippen molar-refractivity contribution in [2.24, 2.45) is 5.14 Å². The molecular formula is C43H42N8O8S3. The number of phenolic OH excluding ortho intramolecular Hbond substituents is 1. The molecule has 320 valence electrons. The van der Waals surface area contributed by atoms with Gasteiger partial charge in [0.1, 0.15) is 11.5 Å². The summed E-state index contributed by atoms with van der Waals surface area (Å²) in [5, 5.41) is 36.4. The second-order valence-corrected chi connectivity index (χ2v) is 20.0. The van der Waals surface area contributed by atoms with Gasteiger partial charge in [0, 0.05) is 26.9 Å². The van der Waals surface area contributed by atoms with E-state index in [1.165, 1.54) is 47.1 Å². The first-order valence-corrected chi connectivity index (χ1v) is 23.7. The summed E-state index contributed by atoms with van der Waals surface area (Å²) in [6, 6.07) is 31.7. The van der Waals surface area contributed by atoms with Crippen molar-refractivity contribution in [2.75, 3.05) is 21.6 Å². The van der Waals surface area contributed by atoms with Crippen LogP contribution in [0.5, 0.6) is 11.5 Å². The Kier molecular flexibility index (Phi) is 11.9. The summed E-state index contributed by atoms with van der Waals surface area (Å²) in [4.78, 5) is 26.4. The average Bonchev–Trinajstić information content (AvgIpc) is 3.70. The number of amides is 2. The number of nitrogens with one attached hydrogen (secondary N) is 3. The largest absolute Gasteiger partial charge is 0.505 e. The Hall–Kier alpha value is -6.64. The minimum absolute atomic E-state index is 0.0105. The summed E-state index contributed by atoms with van der Waals surface area (Å²) in [6.07, 6.45) is 0.543. The molecular weight excluding hydrogens is 853 g/mol. The van der Waals surface area contributed by atoms with Gasteiger partial charge >= 0.3 is 0 Å². The number of rotatable bonds is 14. The third-order valence-electron chi connectivity index (χ3n) is 9.62. The van der Waals surface area contributed by atoms with Crippen LogP contribution < -0.4 is 25.2 Å². The van der Waals surface area contributed by atoms with Gasteiger partial charge in [0.05, 0.1) is 33.1 Å². The van der Waals surface area contributed by atoms with Gasteiger partial charge in [-0.3, -0.25) is 18.9 Å². The molecule has 2 amide bonds. The Morgan fingerprint density at radius 1 is 0.903 bits per heavy atom. The molecule has 7 N–H and O–H groups in total. The molecule has 1 atom stereocenters. The number of sulfonamides is 1. The van der Waals surface area contributed by atoms with Crippen LogP contribution in [0.3, 0.4) is 0 Å². The minimum Gasteiger partial charge on any atom is -0.505 e. The summed E-state index contributed by atoms with van der Waals surface area (Å²) in [5.74, 6) is -0.740. The SMILES string of the molecule is CCC(Oc1ccc(C)cc1C)C(=O)Nc1cccc(-n2nnnc2Sc2cc(NC(=O)c3ccccc3)c(O)c3cccc(S(N)(=O)(O)c4cccc(NS(C)(=O)=O)c4)c23)c1. The third kappa shape index (κ3) is 9.31. The summed E-state index contributed by atoms with van der Waals surface area (Å²) in [5.41, 5.74) is 3.07. The zero-order valence-corrected chi connectivity index (χ0v) is 36.2. The Morgan fingerprint density at radius 2 is 1.63 bits per heavy atom. The van der Waals surface area contributed by atoms with E-state index in [0.717, 1.165) is 35.2 Å². The monoisotopic (exact) mass is 894 g/mol. The van der Waals surface area contributed by atoms with Crippen molar-refractivity contribution < 1.29 is 36.6 Å². The van der Waals surface area contributed by atoms with Crippen molar-refractivity contribution in [3.05, 3.63) is 138 Å². The average molecular weight is 895 g/mol. The Morgan fingerprint density at radius 3 is 2.35 bits per heavy atom. The van der Waals surface area contributed by atoms with Crippen molar-refractivity contribution in [2.45, 2.75) is 53.1 Å². The second kappa shape index (κ2) is 17.0. The van der Waals surface area contributed by atoms with E-state index in [2.05, 4.69) is 30.9 Å². The van der Waals surface area contributed by atoms with Crippen LogP contribution in [0.2, 0.25) is 0 Å². The number of fused-ring (bicyclic) bond motifs is 1. The van der Waals surface area contributed by atoms with Gasteiger partial charge in [-0.25, -0.2) is 13.6 Å². The molecule has 1 heterocycles. The van der Waals surface area contributed by atoms with Gasteiger partial charge in [-0.1, -0.05) is 76.6 Å². The fraction of sp³-hybridized carbons (Fsp3) is 0.140. The van der Waals surface area contributed by atoms with Crippen molar-refractivity contribution in [1.82, 2.24) is 20.2 Å². The maximum absolute atomic E-state index is 15.0. The highest BCUT2D eigenvalue weighted by Crippen LogP contribution is 2.48. The number of benzene rings is 6. The molecule has 16 nitrogen and oxygen atoms in total. The molecule has 0 aliphatic heterocycles. The fourth-order valence-electron chi connectivity index (χ4n) is 6.68. The molecule has 1 aromatic heterocycles. The van der Waals surface area contributed by atoms with Crippen LogP contribution in [0.1, 0.15) is 34.8 Å². The first-order chi connectivity index (χ1) is 29.4. The number of aromatic hydroxyl groups is 1. The van der Waals surface area contributed by atoms with Crippen molar-refractivity contribution in [1.29, 1.82) is 0 Å². The molecule has 7 rings (SSSR count). The standard InChI is InChI=1S/C43H42N8O8S3/c1-5-35(59-36-21-20-26(2)22-27(36)3)42(54)45-29-14-9-16-31(23-29)51-43(47-49-50-51)60-37-25-34(46-41(53)28-12-7-6-8-13-28)40(52)33-18-11-19-38(39(33)37)62(44,57,58)32-17-10-15-30(24-32)48-61(4,55)56/h6-25,35,48,52H,5H2,1-4H3,(H,45,54)(H,46,53)(H3,44,57,58). The normalized spacial score (nSPS) is 12.8. The first-order valence-electron chi connectivity index (χ1n) is 19.0. The number of nitrogens with zero attached hydrogens (tertiary/aromatic N) is 4. The number of carbonyl (C=O) groups is 2. The van der Waals surface area contributed by atoms with Crippen molar-refractivity contribution in [3.63, 3.8) is 0 Å². The van der Waals surface area contributed by atoms with Crippen molar-refractivity contribution in [3.8, 4) is 17.2 Å². The second-order valence-electron chi connectivity index (χ2n) is 14.4. The first kappa shape index (κ1) is 43.4. The number of nitrogens with two attached hydrogens (primary N) is 1.